The van der Waals surface area contributed by atoms with E-state index < -0.39 is 5.91 Å². The average Bonchev–Trinajstić information content (AvgIpc) is 3.05. The largest absolute Gasteiger partial charge is 0.454 e. The van der Waals surface area contributed by atoms with E-state index in [4.69, 9.17) is 9.47 Å². The fraction of sp³-hybridized carbons (Fsp3) is 0.176. The predicted octanol–water partition coefficient (Wildman–Crippen LogP) is 1.60. The molecule has 1 aliphatic heterocycles. The molecule has 3 rings (SSSR count). The molecule has 124 valence electrons. The molecule has 2 aromatic carbocycles. The Bertz CT molecular complexity index is 779. The van der Waals surface area contributed by atoms with Crippen molar-refractivity contribution in [2.45, 2.75) is 6.54 Å². The van der Waals surface area contributed by atoms with Crippen molar-refractivity contribution in [3.05, 3.63) is 59.4 Å². The van der Waals surface area contributed by atoms with Crippen molar-refractivity contribution in [1.29, 1.82) is 0 Å². The van der Waals surface area contributed by atoms with Crippen molar-refractivity contribution >= 4 is 11.8 Å². The molecule has 0 radical (unpaired) electrons. The van der Waals surface area contributed by atoms with Crippen molar-refractivity contribution in [2.75, 3.05) is 13.3 Å². The number of amides is 2. The van der Waals surface area contributed by atoms with Crippen molar-refractivity contribution in [3.63, 3.8) is 0 Å². The third-order valence-electron chi connectivity index (χ3n) is 3.42. The molecule has 0 unspecified atom stereocenters. The number of carbonyl (C=O) groups is 2. The number of rotatable bonds is 5. The third kappa shape index (κ3) is 3.81. The second-order valence-corrected chi connectivity index (χ2v) is 5.16. The van der Waals surface area contributed by atoms with E-state index in [1.165, 1.54) is 12.1 Å². The minimum absolute atomic E-state index is 0.128. The van der Waals surface area contributed by atoms with Crippen LogP contribution in [-0.2, 0) is 11.3 Å². The lowest BCUT2D eigenvalue weighted by Gasteiger charge is -2.08. The van der Waals surface area contributed by atoms with Gasteiger partial charge in [-0.05, 0) is 35.9 Å². The molecule has 0 bridgehead atoms. The highest BCUT2D eigenvalue weighted by Gasteiger charge is 2.16. The van der Waals surface area contributed by atoms with Crippen LogP contribution in [0.25, 0.3) is 0 Å². The monoisotopic (exact) mass is 330 g/mol. The van der Waals surface area contributed by atoms with Gasteiger partial charge in [-0.2, -0.15) is 0 Å². The summed E-state index contributed by atoms with van der Waals surface area (Å²) in [6, 6.07) is 10.7. The van der Waals surface area contributed by atoms with E-state index in [0.29, 0.717) is 22.6 Å². The van der Waals surface area contributed by atoms with Crippen LogP contribution in [0.4, 0.5) is 4.39 Å². The molecule has 0 spiro atoms. The zero-order valence-electron chi connectivity index (χ0n) is 12.7. The summed E-state index contributed by atoms with van der Waals surface area (Å²) >= 11 is 0. The van der Waals surface area contributed by atoms with E-state index >= 15 is 0 Å². The highest BCUT2D eigenvalue weighted by atomic mass is 19.1. The third-order valence-corrected chi connectivity index (χ3v) is 3.42. The van der Waals surface area contributed by atoms with Gasteiger partial charge in [-0.3, -0.25) is 9.59 Å². The Hall–Kier alpha value is -3.09. The number of ether oxygens (including phenoxy) is 2. The summed E-state index contributed by atoms with van der Waals surface area (Å²) in [6.07, 6.45) is 0. The second kappa shape index (κ2) is 6.99. The van der Waals surface area contributed by atoms with E-state index in [9.17, 15) is 14.0 Å². The fourth-order valence-corrected chi connectivity index (χ4v) is 2.21. The molecular formula is C17H15FN2O4. The Morgan fingerprint density at radius 2 is 1.88 bits per heavy atom. The molecule has 0 saturated heterocycles. The molecular weight excluding hydrogens is 315 g/mol. The van der Waals surface area contributed by atoms with Crippen molar-refractivity contribution in [2.24, 2.45) is 0 Å². The van der Waals surface area contributed by atoms with Gasteiger partial charge >= 0.3 is 0 Å². The number of halogens is 1. The summed E-state index contributed by atoms with van der Waals surface area (Å²) in [5.41, 5.74) is 1.02. The van der Waals surface area contributed by atoms with Gasteiger partial charge in [0.05, 0.1) is 6.54 Å². The van der Waals surface area contributed by atoms with E-state index in [1.807, 2.05) is 0 Å². The molecule has 24 heavy (non-hydrogen) atoms. The molecule has 0 fully saturated rings. The Kier molecular flexibility index (Phi) is 4.60. The van der Waals surface area contributed by atoms with E-state index in [0.717, 1.165) is 0 Å². The van der Waals surface area contributed by atoms with Gasteiger partial charge < -0.3 is 20.1 Å². The second-order valence-electron chi connectivity index (χ2n) is 5.16. The first kappa shape index (κ1) is 15.8. The zero-order valence-corrected chi connectivity index (χ0v) is 12.7. The van der Waals surface area contributed by atoms with Crippen LogP contribution in [0.3, 0.4) is 0 Å². The maximum atomic E-state index is 13.0. The number of hydrogen-bond donors (Lipinski definition) is 2. The molecule has 2 amide bonds. The Balaban J connectivity index is 1.48. The predicted molar refractivity (Wildman–Crippen MR) is 83.1 cm³/mol. The molecule has 2 aromatic rings. The summed E-state index contributed by atoms with van der Waals surface area (Å²) in [4.78, 5) is 23.8. The van der Waals surface area contributed by atoms with Crippen LogP contribution in [0.2, 0.25) is 0 Å². The first-order valence-electron chi connectivity index (χ1n) is 7.31. The Labute approximate surface area is 137 Å². The van der Waals surface area contributed by atoms with Gasteiger partial charge in [0.15, 0.2) is 11.5 Å². The smallest absolute Gasteiger partial charge is 0.251 e. The quantitative estimate of drug-likeness (QED) is 0.873. The Morgan fingerprint density at radius 3 is 2.71 bits per heavy atom. The van der Waals surface area contributed by atoms with Gasteiger partial charge in [-0.15, -0.1) is 0 Å². The van der Waals surface area contributed by atoms with Gasteiger partial charge in [0, 0.05) is 12.1 Å². The van der Waals surface area contributed by atoms with Crippen molar-refractivity contribution < 1.29 is 23.5 Å². The first-order chi connectivity index (χ1) is 11.6. The number of nitrogens with one attached hydrogen (secondary N) is 2. The van der Waals surface area contributed by atoms with Crippen LogP contribution in [0.15, 0.2) is 42.5 Å². The highest BCUT2D eigenvalue weighted by molar-refractivity contribution is 5.97. The van der Waals surface area contributed by atoms with Crippen LogP contribution >= 0.6 is 0 Å². The summed E-state index contributed by atoms with van der Waals surface area (Å²) in [7, 11) is 0. The summed E-state index contributed by atoms with van der Waals surface area (Å²) in [5, 5.41) is 5.13. The molecule has 0 atom stereocenters. The number of fused-ring (bicyclic) bond motifs is 1. The molecule has 1 heterocycles. The SMILES string of the molecule is O=C(CNC(=O)c1ccc2c(c1)OCO2)NCc1cccc(F)c1. The minimum atomic E-state index is -0.394. The highest BCUT2D eigenvalue weighted by Crippen LogP contribution is 2.32. The maximum Gasteiger partial charge on any atom is 0.251 e. The van der Waals surface area contributed by atoms with Gasteiger partial charge in [-0.1, -0.05) is 12.1 Å². The average molecular weight is 330 g/mol. The van der Waals surface area contributed by atoms with Crippen molar-refractivity contribution in [3.8, 4) is 11.5 Å². The van der Waals surface area contributed by atoms with E-state index in [1.54, 1.807) is 30.3 Å². The van der Waals surface area contributed by atoms with Gasteiger partial charge in [-0.25, -0.2) is 4.39 Å². The van der Waals surface area contributed by atoms with Crippen LogP contribution in [0, 0.1) is 5.82 Å². The summed E-state index contributed by atoms with van der Waals surface area (Å²) in [6.45, 7) is 0.141. The summed E-state index contributed by atoms with van der Waals surface area (Å²) < 4.78 is 23.4. The summed E-state index contributed by atoms with van der Waals surface area (Å²) in [5.74, 6) is -0.0435. The topological polar surface area (TPSA) is 76.7 Å². The Morgan fingerprint density at radius 1 is 1.04 bits per heavy atom. The molecule has 1 aliphatic rings. The molecule has 0 aliphatic carbocycles. The van der Waals surface area contributed by atoms with E-state index in [2.05, 4.69) is 10.6 Å². The zero-order chi connectivity index (χ0) is 16.9. The standard InChI is InChI=1S/C17H15FN2O4/c18-13-3-1-2-11(6-13)8-19-16(21)9-20-17(22)12-4-5-14-15(7-12)24-10-23-14/h1-7H,8-10H2,(H,19,21)(H,20,22). The molecule has 2 N–H and O–H groups in total. The molecule has 7 heteroatoms. The lowest BCUT2D eigenvalue weighted by Crippen LogP contribution is -2.36. The lowest BCUT2D eigenvalue weighted by molar-refractivity contribution is -0.120. The van der Waals surface area contributed by atoms with Crippen LogP contribution in [0.1, 0.15) is 15.9 Å². The molecule has 0 aromatic heterocycles. The first-order valence-corrected chi connectivity index (χ1v) is 7.31. The molecule has 6 nitrogen and oxygen atoms in total. The van der Waals surface area contributed by atoms with Crippen molar-refractivity contribution in [1.82, 2.24) is 10.6 Å². The maximum absolute atomic E-state index is 13.0. The number of benzene rings is 2. The minimum Gasteiger partial charge on any atom is -0.454 e. The number of hydrogen-bond acceptors (Lipinski definition) is 4. The number of carbonyl (C=O) groups excluding carboxylic acids is 2. The van der Waals surface area contributed by atoms with Gasteiger partial charge in [0.1, 0.15) is 5.82 Å². The van der Waals surface area contributed by atoms with Crippen LogP contribution < -0.4 is 20.1 Å². The van der Waals surface area contributed by atoms with Gasteiger partial charge in [0.2, 0.25) is 12.7 Å². The van der Waals surface area contributed by atoms with Crippen LogP contribution in [0.5, 0.6) is 11.5 Å². The molecule has 0 saturated carbocycles. The fourth-order valence-electron chi connectivity index (χ4n) is 2.21. The van der Waals surface area contributed by atoms with Gasteiger partial charge in [0.25, 0.3) is 5.91 Å². The lowest BCUT2D eigenvalue weighted by atomic mass is 10.2. The van der Waals surface area contributed by atoms with E-state index in [-0.39, 0.29) is 31.6 Å². The van der Waals surface area contributed by atoms with Crippen LogP contribution in [-0.4, -0.2) is 25.2 Å². The normalized spacial score (nSPS) is 11.9.